The first-order chi connectivity index (χ1) is 5.36. The molecule has 58 valence electrons. The van der Waals surface area contributed by atoms with E-state index < -0.39 is 0 Å². The summed E-state index contributed by atoms with van der Waals surface area (Å²) in [7, 11) is 0. The van der Waals surface area contributed by atoms with E-state index in [-0.39, 0.29) is 6.61 Å². The highest BCUT2D eigenvalue weighted by atomic mass is 16.3. The zero-order valence-electron chi connectivity index (χ0n) is 6.33. The molecule has 0 aromatic heterocycles. The van der Waals surface area contributed by atoms with Crippen molar-refractivity contribution >= 4 is 6.72 Å². The Morgan fingerprint density at radius 3 is 2.18 bits per heavy atom. The van der Waals surface area contributed by atoms with Crippen molar-refractivity contribution in [1.82, 2.24) is 0 Å². The first-order valence-electron chi connectivity index (χ1n) is 3.48. The predicted molar refractivity (Wildman–Crippen MR) is 45.6 cm³/mol. The van der Waals surface area contributed by atoms with E-state index in [0.717, 1.165) is 11.1 Å². The van der Waals surface area contributed by atoms with Gasteiger partial charge in [0.1, 0.15) is 0 Å². The van der Waals surface area contributed by atoms with Crippen LogP contribution < -0.4 is 0 Å². The van der Waals surface area contributed by atoms with Crippen molar-refractivity contribution in [2.75, 3.05) is 0 Å². The van der Waals surface area contributed by atoms with Crippen LogP contribution in [0, 0.1) is 0 Å². The molecule has 0 amide bonds. The number of aliphatic hydroxyl groups is 1. The fourth-order valence-corrected chi connectivity index (χ4v) is 0.879. The van der Waals surface area contributed by atoms with E-state index in [9.17, 15) is 0 Å². The van der Waals surface area contributed by atoms with E-state index in [2.05, 4.69) is 11.7 Å². The molecule has 0 radical (unpaired) electrons. The van der Waals surface area contributed by atoms with Crippen LogP contribution in [0.15, 0.2) is 29.3 Å². The van der Waals surface area contributed by atoms with Crippen molar-refractivity contribution in [3.8, 4) is 0 Å². The van der Waals surface area contributed by atoms with Gasteiger partial charge in [-0.25, -0.2) is 0 Å². The third-order valence-corrected chi connectivity index (χ3v) is 1.50. The summed E-state index contributed by atoms with van der Waals surface area (Å²) in [6.45, 7) is 4.14. The molecule has 0 spiro atoms. The first kappa shape index (κ1) is 7.95. The second kappa shape index (κ2) is 3.88. The molecule has 1 aromatic carbocycles. The van der Waals surface area contributed by atoms with Gasteiger partial charge in [-0.1, -0.05) is 24.3 Å². The van der Waals surface area contributed by atoms with Crippen LogP contribution in [0.2, 0.25) is 0 Å². The Morgan fingerprint density at radius 2 is 1.73 bits per heavy atom. The molecule has 0 heterocycles. The monoisotopic (exact) mass is 149 g/mol. The fraction of sp³-hybridized carbons (Fsp3) is 0.222. The standard InChI is InChI=1S/C9H11NO/c1-10-6-8-2-4-9(7-11)5-3-8/h2-5,11H,1,6-7H2. The lowest BCUT2D eigenvalue weighted by Crippen LogP contribution is -1.84. The van der Waals surface area contributed by atoms with Gasteiger partial charge in [-0.05, 0) is 17.8 Å². The van der Waals surface area contributed by atoms with E-state index in [0.29, 0.717) is 6.54 Å². The van der Waals surface area contributed by atoms with Crippen molar-refractivity contribution in [3.05, 3.63) is 35.4 Å². The summed E-state index contributed by atoms with van der Waals surface area (Å²) < 4.78 is 0. The smallest absolute Gasteiger partial charge is 0.0681 e. The van der Waals surface area contributed by atoms with Crippen LogP contribution in [-0.2, 0) is 13.2 Å². The number of hydrogen-bond acceptors (Lipinski definition) is 2. The van der Waals surface area contributed by atoms with Gasteiger partial charge in [-0.2, -0.15) is 0 Å². The quantitative estimate of drug-likeness (QED) is 0.647. The summed E-state index contributed by atoms with van der Waals surface area (Å²) in [6, 6.07) is 7.67. The van der Waals surface area contributed by atoms with Gasteiger partial charge in [0.25, 0.3) is 0 Å². The maximum atomic E-state index is 8.72. The number of hydrogen-bond donors (Lipinski definition) is 1. The Morgan fingerprint density at radius 1 is 1.18 bits per heavy atom. The number of rotatable bonds is 3. The Hall–Kier alpha value is -1.15. The summed E-state index contributed by atoms with van der Waals surface area (Å²) in [5.41, 5.74) is 2.05. The molecule has 2 nitrogen and oxygen atoms in total. The van der Waals surface area contributed by atoms with E-state index in [1.165, 1.54) is 0 Å². The van der Waals surface area contributed by atoms with Gasteiger partial charge < -0.3 is 5.11 Å². The second-order valence-electron chi connectivity index (χ2n) is 2.36. The van der Waals surface area contributed by atoms with E-state index in [1.54, 1.807) is 0 Å². The molecule has 1 N–H and O–H groups in total. The molecule has 0 saturated heterocycles. The maximum Gasteiger partial charge on any atom is 0.0681 e. The maximum absolute atomic E-state index is 8.72. The van der Waals surface area contributed by atoms with Crippen LogP contribution >= 0.6 is 0 Å². The zero-order valence-corrected chi connectivity index (χ0v) is 6.33. The molecule has 2 heteroatoms. The topological polar surface area (TPSA) is 32.6 Å². The van der Waals surface area contributed by atoms with Crippen LogP contribution in [-0.4, -0.2) is 11.8 Å². The zero-order chi connectivity index (χ0) is 8.10. The van der Waals surface area contributed by atoms with E-state index in [4.69, 9.17) is 5.11 Å². The molecular formula is C9H11NO. The highest BCUT2D eigenvalue weighted by molar-refractivity contribution is 5.26. The van der Waals surface area contributed by atoms with Crippen molar-refractivity contribution in [2.24, 2.45) is 4.99 Å². The van der Waals surface area contributed by atoms with Gasteiger partial charge in [0.05, 0.1) is 13.2 Å². The largest absolute Gasteiger partial charge is 0.392 e. The number of aliphatic imine (C=N–C) groups is 1. The lowest BCUT2D eigenvalue weighted by Gasteiger charge is -1.97. The van der Waals surface area contributed by atoms with Gasteiger partial charge in [-0.3, -0.25) is 4.99 Å². The van der Waals surface area contributed by atoms with Crippen molar-refractivity contribution in [2.45, 2.75) is 13.2 Å². The molecule has 0 aliphatic rings. The molecule has 0 aliphatic heterocycles. The Bertz CT molecular complexity index is 228. The van der Waals surface area contributed by atoms with Gasteiger partial charge in [0.15, 0.2) is 0 Å². The molecule has 1 aromatic rings. The summed E-state index contributed by atoms with van der Waals surface area (Å²) in [6.07, 6.45) is 0. The fourth-order valence-electron chi connectivity index (χ4n) is 0.879. The molecule has 0 bridgehead atoms. The summed E-state index contributed by atoms with van der Waals surface area (Å²) in [5.74, 6) is 0. The van der Waals surface area contributed by atoms with Crippen molar-refractivity contribution in [3.63, 3.8) is 0 Å². The molecule has 0 aliphatic carbocycles. The normalized spacial score (nSPS) is 9.55. The average Bonchev–Trinajstić information content (AvgIpc) is 2.07. The van der Waals surface area contributed by atoms with Crippen molar-refractivity contribution in [1.29, 1.82) is 0 Å². The third-order valence-electron chi connectivity index (χ3n) is 1.50. The van der Waals surface area contributed by atoms with Crippen LogP contribution in [0.5, 0.6) is 0 Å². The van der Waals surface area contributed by atoms with Crippen LogP contribution in [0.4, 0.5) is 0 Å². The SMILES string of the molecule is C=NCc1ccc(CO)cc1. The highest BCUT2D eigenvalue weighted by Crippen LogP contribution is 2.04. The molecule has 11 heavy (non-hydrogen) atoms. The Balaban J connectivity index is 2.74. The summed E-state index contributed by atoms with van der Waals surface area (Å²) in [5, 5.41) is 8.72. The number of benzene rings is 1. The number of aliphatic hydroxyl groups excluding tert-OH is 1. The minimum Gasteiger partial charge on any atom is -0.392 e. The molecule has 0 fully saturated rings. The van der Waals surface area contributed by atoms with Gasteiger partial charge in [0, 0.05) is 0 Å². The molecule has 0 atom stereocenters. The van der Waals surface area contributed by atoms with Crippen LogP contribution in [0.3, 0.4) is 0 Å². The Labute approximate surface area is 66.2 Å². The minimum absolute atomic E-state index is 0.0990. The molecule has 0 saturated carbocycles. The molecule has 0 unspecified atom stereocenters. The molecule has 1 rings (SSSR count). The lowest BCUT2D eigenvalue weighted by atomic mass is 10.1. The van der Waals surface area contributed by atoms with Gasteiger partial charge in [-0.15, -0.1) is 0 Å². The molecular weight excluding hydrogens is 138 g/mol. The van der Waals surface area contributed by atoms with Crippen LogP contribution in [0.25, 0.3) is 0 Å². The van der Waals surface area contributed by atoms with E-state index in [1.807, 2.05) is 24.3 Å². The predicted octanol–water partition coefficient (Wildman–Crippen LogP) is 1.38. The minimum atomic E-state index is 0.0990. The number of nitrogens with zero attached hydrogens (tertiary/aromatic N) is 1. The summed E-state index contributed by atoms with van der Waals surface area (Å²) in [4.78, 5) is 3.75. The highest BCUT2D eigenvalue weighted by Gasteiger charge is 1.90. The second-order valence-corrected chi connectivity index (χ2v) is 2.36. The summed E-state index contributed by atoms with van der Waals surface area (Å²) >= 11 is 0. The van der Waals surface area contributed by atoms with Gasteiger partial charge in [0.2, 0.25) is 0 Å². The Kier molecular flexibility index (Phi) is 2.81. The lowest BCUT2D eigenvalue weighted by molar-refractivity contribution is 0.282. The van der Waals surface area contributed by atoms with Crippen LogP contribution in [0.1, 0.15) is 11.1 Å². The van der Waals surface area contributed by atoms with E-state index >= 15 is 0 Å². The van der Waals surface area contributed by atoms with Crippen molar-refractivity contribution < 1.29 is 5.11 Å². The first-order valence-corrected chi connectivity index (χ1v) is 3.48. The van der Waals surface area contributed by atoms with Gasteiger partial charge >= 0.3 is 0 Å². The average molecular weight is 149 g/mol. The third kappa shape index (κ3) is 2.16.